The Morgan fingerprint density at radius 2 is 2.10 bits per heavy atom. The highest BCUT2D eigenvalue weighted by atomic mass is 127. The van der Waals surface area contributed by atoms with Crippen molar-refractivity contribution in [1.29, 1.82) is 0 Å². The molecule has 1 aromatic carbocycles. The third-order valence-corrected chi connectivity index (χ3v) is 4.16. The van der Waals surface area contributed by atoms with Crippen molar-refractivity contribution >= 4 is 40.0 Å². The van der Waals surface area contributed by atoms with Crippen molar-refractivity contribution in [3.63, 3.8) is 0 Å². The maximum absolute atomic E-state index is 11.7. The fraction of sp³-hybridized carbons (Fsp3) is 0.462. The molecule has 6 nitrogen and oxygen atoms in total. The molecule has 8 heteroatoms. The Labute approximate surface area is 143 Å². The predicted octanol–water partition coefficient (Wildman–Crippen LogP) is 1.42. The van der Waals surface area contributed by atoms with Gasteiger partial charge in [-0.3, -0.25) is 0 Å². The van der Waals surface area contributed by atoms with Crippen LogP contribution in [-0.4, -0.2) is 28.0 Å². The Balaban J connectivity index is 0.00000400. The lowest BCUT2D eigenvalue weighted by atomic mass is 10.2. The molecule has 0 saturated carbocycles. The first kappa shape index (κ1) is 20.1. The van der Waals surface area contributed by atoms with E-state index in [0.717, 1.165) is 24.9 Å². The van der Waals surface area contributed by atoms with E-state index in [2.05, 4.69) is 22.0 Å². The molecule has 0 aliphatic carbocycles. The molecule has 0 aliphatic rings. The van der Waals surface area contributed by atoms with Crippen LogP contribution >= 0.6 is 24.0 Å². The lowest BCUT2D eigenvalue weighted by Gasteiger charge is -2.06. The number of hydrogen-bond donors (Lipinski definition) is 3. The molecule has 1 rings (SSSR count). The number of sulfonamides is 1. The lowest BCUT2D eigenvalue weighted by molar-refractivity contribution is 0.588. The van der Waals surface area contributed by atoms with Crippen LogP contribution < -0.4 is 15.8 Å². The Bertz CT molecular complexity index is 561. The molecule has 0 amide bonds. The van der Waals surface area contributed by atoms with Crippen molar-refractivity contribution in [1.82, 2.24) is 10.0 Å². The number of nitrogens with two attached hydrogens (primary N) is 1. The van der Waals surface area contributed by atoms with Gasteiger partial charge in [0.1, 0.15) is 0 Å². The first-order valence-electron chi connectivity index (χ1n) is 6.56. The summed E-state index contributed by atoms with van der Waals surface area (Å²) >= 11 is 0. The van der Waals surface area contributed by atoms with Crippen molar-refractivity contribution in [2.24, 2.45) is 10.7 Å². The lowest BCUT2D eigenvalue weighted by Crippen LogP contribution is -2.32. The number of halogens is 1. The summed E-state index contributed by atoms with van der Waals surface area (Å²) in [6.07, 6.45) is 2.12. The zero-order valence-electron chi connectivity index (χ0n) is 12.3. The Morgan fingerprint density at radius 1 is 1.38 bits per heavy atom. The highest BCUT2D eigenvalue weighted by Crippen LogP contribution is 2.11. The molecule has 0 fully saturated rings. The van der Waals surface area contributed by atoms with Crippen molar-refractivity contribution in [3.05, 3.63) is 29.8 Å². The average Bonchev–Trinajstić information content (AvgIpc) is 2.46. The molecule has 0 unspecified atom stereocenters. The zero-order valence-corrected chi connectivity index (χ0v) is 15.4. The molecule has 4 N–H and O–H groups in total. The molecule has 0 bridgehead atoms. The molecule has 1 aromatic rings. The van der Waals surface area contributed by atoms with Gasteiger partial charge in [0.25, 0.3) is 0 Å². The van der Waals surface area contributed by atoms with Crippen LogP contribution in [0.2, 0.25) is 0 Å². The van der Waals surface area contributed by atoms with Crippen molar-refractivity contribution in [3.8, 4) is 0 Å². The number of benzene rings is 1. The van der Waals surface area contributed by atoms with Crippen LogP contribution in [0.1, 0.15) is 25.3 Å². The molecule has 120 valence electrons. The predicted molar refractivity (Wildman–Crippen MR) is 96.3 cm³/mol. The van der Waals surface area contributed by atoms with E-state index < -0.39 is 10.0 Å². The van der Waals surface area contributed by atoms with Gasteiger partial charge in [-0.25, -0.2) is 18.1 Å². The zero-order chi connectivity index (χ0) is 15.0. The van der Waals surface area contributed by atoms with Gasteiger partial charge in [0.2, 0.25) is 10.0 Å². The number of aliphatic imine (C=N–C) groups is 1. The summed E-state index contributed by atoms with van der Waals surface area (Å²) < 4.78 is 25.6. The Morgan fingerprint density at radius 3 is 2.71 bits per heavy atom. The minimum Gasteiger partial charge on any atom is -0.370 e. The Kier molecular flexibility index (Phi) is 9.54. The fourth-order valence-corrected chi connectivity index (χ4v) is 2.35. The molecular formula is C13H23IN4O2S. The van der Waals surface area contributed by atoms with Crippen LogP contribution in [0.25, 0.3) is 0 Å². The summed E-state index contributed by atoms with van der Waals surface area (Å²) in [5.41, 5.74) is 6.51. The van der Waals surface area contributed by atoms with Gasteiger partial charge >= 0.3 is 0 Å². The van der Waals surface area contributed by atoms with Gasteiger partial charge in [-0.1, -0.05) is 25.5 Å². The second-order valence-corrected chi connectivity index (χ2v) is 6.22. The molecule has 0 atom stereocenters. The SMILES string of the molecule is CCCCNC(N)=NCc1cccc(S(=O)(=O)NC)c1.I. The number of hydrogen-bond acceptors (Lipinski definition) is 3. The van der Waals surface area contributed by atoms with E-state index >= 15 is 0 Å². The van der Waals surface area contributed by atoms with Gasteiger partial charge < -0.3 is 11.1 Å². The summed E-state index contributed by atoms with van der Waals surface area (Å²) in [5.74, 6) is 0.375. The van der Waals surface area contributed by atoms with Gasteiger partial charge in [0.05, 0.1) is 11.4 Å². The van der Waals surface area contributed by atoms with Gasteiger partial charge in [-0.15, -0.1) is 24.0 Å². The molecular weight excluding hydrogens is 403 g/mol. The molecule has 21 heavy (non-hydrogen) atoms. The van der Waals surface area contributed by atoms with E-state index in [9.17, 15) is 8.42 Å². The van der Waals surface area contributed by atoms with Crippen LogP contribution in [0.5, 0.6) is 0 Å². The maximum Gasteiger partial charge on any atom is 0.240 e. The summed E-state index contributed by atoms with van der Waals surface area (Å²) in [7, 11) is -2.04. The van der Waals surface area contributed by atoms with E-state index in [1.807, 2.05) is 6.07 Å². The second-order valence-electron chi connectivity index (χ2n) is 4.34. The van der Waals surface area contributed by atoms with Crippen molar-refractivity contribution in [2.75, 3.05) is 13.6 Å². The topological polar surface area (TPSA) is 96.6 Å². The van der Waals surface area contributed by atoms with E-state index in [-0.39, 0.29) is 28.9 Å². The van der Waals surface area contributed by atoms with Crippen LogP contribution in [0.15, 0.2) is 34.2 Å². The minimum absolute atomic E-state index is 0. The molecule has 0 radical (unpaired) electrons. The van der Waals surface area contributed by atoms with Gasteiger partial charge in [-0.2, -0.15) is 0 Å². The summed E-state index contributed by atoms with van der Waals surface area (Å²) in [6, 6.07) is 6.64. The summed E-state index contributed by atoms with van der Waals surface area (Å²) in [4.78, 5) is 4.41. The molecule has 0 aliphatic heterocycles. The highest BCUT2D eigenvalue weighted by molar-refractivity contribution is 14.0. The van der Waals surface area contributed by atoms with E-state index in [1.165, 1.54) is 7.05 Å². The first-order valence-corrected chi connectivity index (χ1v) is 8.04. The second kappa shape index (κ2) is 9.96. The highest BCUT2D eigenvalue weighted by Gasteiger charge is 2.10. The van der Waals surface area contributed by atoms with Crippen molar-refractivity contribution in [2.45, 2.75) is 31.2 Å². The first-order chi connectivity index (χ1) is 9.49. The van der Waals surface area contributed by atoms with Crippen molar-refractivity contribution < 1.29 is 8.42 Å². The van der Waals surface area contributed by atoms with Crippen LogP contribution in [-0.2, 0) is 16.6 Å². The van der Waals surface area contributed by atoms with E-state index in [4.69, 9.17) is 5.73 Å². The number of rotatable bonds is 7. The smallest absolute Gasteiger partial charge is 0.240 e. The summed E-state index contributed by atoms with van der Waals surface area (Å²) in [6.45, 7) is 3.24. The van der Waals surface area contributed by atoms with E-state index in [0.29, 0.717) is 12.5 Å². The standard InChI is InChI=1S/C13H22N4O2S.HI/c1-3-4-8-16-13(14)17-10-11-6-5-7-12(9-11)20(18,19)15-2;/h5-7,9,15H,3-4,8,10H2,1-2H3,(H3,14,16,17);1H. The third kappa shape index (κ3) is 7.09. The summed E-state index contributed by atoms with van der Waals surface area (Å²) in [5, 5.41) is 3.01. The van der Waals surface area contributed by atoms with Crippen LogP contribution in [0.3, 0.4) is 0 Å². The maximum atomic E-state index is 11.7. The number of nitrogens with one attached hydrogen (secondary N) is 2. The molecule has 0 saturated heterocycles. The quantitative estimate of drug-likeness (QED) is 0.266. The third-order valence-electron chi connectivity index (χ3n) is 2.75. The normalized spacial score (nSPS) is 11.8. The van der Waals surface area contributed by atoms with Crippen LogP contribution in [0, 0.1) is 0 Å². The fourth-order valence-electron chi connectivity index (χ4n) is 1.55. The van der Waals surface area contributed by atoms with Gasteiger partial charge in [0, 0.05) is 6.54 Å². The molecule has 0 heterocycles. The van der Waals surface area contributed by atoms with E-state index in [1.54, 1.807) is 18.2 Å². The largest absolute Gasteiger partial charge is 0.370 e. The molecule has 0 aromatic heterocycles. The van der Waals surface area contributed by atoms with Gasteiger partial charge in [0.15, 0.2) is 5.96 Å². The van der Waals surface area contributed by atoms with Gasteiger partial charge in [-0.05, 0) is 31.2 Å². The monoisotopic (exact) mass is 426 g/mol. The number of unbranched alkanes of at least 4 members (excludes halogenated alkanes) is 1. The number of nitrogens with zero attached hydrogens (tertiary/aromatic N) is 1. The minimum atomic E-state index is -3.42. The Hall–Kier alpha value is -0.870. The average molecular weight is 426 g/mol. The number of guanidine groups is 1. The molecule has 0 spiro atoms. The van der Waals surface area contributed by atoms with Crippen LogP contribution in [0.4, 0.5) is 0 Å².